The van der Waals surface area contributed by atoms with Gasteiger partial charge in [0.1, 0.15) is 12.7 Å². The molecule has 0 heterocycles. The van der Waals surface area contributed by atoms with Crippen molar-refractivity contribution in [1.82, 2.24) is 0 Å². The van der Waals surface area contributed by atoms with Gasteiger partial charge in [-0.15, -0.1) is 0 Å². The lowest BCUT2D eigenvalue weighted by atomic mass is 10.0. The van der Waals surface area contributed by atoms with Crippen LogP contribution < -0.4 is 0 Å². The number of carbonyl (C=O) groups is 3. The van der Waals surface area contributed by atoms with E-state index < -0.39 is 57.8 Å². The van der Waals surface area contributed by atoms with Crippen LogP contribution in [-0.2, 0) is 42.2 Å². The van der Waals surface area contributed by atoms with Crippen LogP contribution in [0.2, 0.25) is 0 Å². The summed E-state index contributed by atoms with van der Waals surface area (Å²) in [6.45, 7) is 4.56. The highest BCUT2D eigenvalue weighted by Gasteiger charge is 2.28. The van der Waals surface area contributed by atoms with Gasteiger partial charge in [0.15, 0.2) is 6.10 Å². The molecule has 3 atom stereocenters. The van der Waals surface area contributed by atoms with Crippen molar-refractivity contribution in [2.24, 2.45) is 0 Å². The summed E-state index contributed by atoms with van der Waals surface area (Å²) in [7, 11) is -4.75. The van der Waals surface area contributed by atoms with Crippen LogP contribution in [0.5, 0.6) is 0 Å². The Kier molecular flexibility index (Phi) is 55.1. The number of aliphatic hydroxyl groups is 1. The minimum absolute atomic E-state index is 0.145. The highest BCUT2D eigenvalue weighted by molar-refractivity contribution is 7.47. The molecule has 3 unspecified atom stereocenters. The molecule has 0 aliphatic carbocycles. The minimum atomic E-state index is -4.75. The number of rotatable bonds is 58. The topological polar surface area (TPSA) is 155 Å². The van der Waals surface area contributed by atoms with E-state index in [1.54, 1.807) is 0 Å². The van der Waals surface area contributed by atoms with Crippen molar-refractivity contribution in [2.45, 2.75) is 315 Å². The van der Waals surface area contributed by atoms with E-state index in [0.717, 1.165) is 77.0 Å². The fourth-order valence-electron chi connectivity index (χ4n) is 8.90. The number of esters is 3. The Balaban J connectivity index is 4.68. The van der Waals surface area contributed by atoms with Gasteiger partial charge in [0.25, 0.3) is 0 Å². The summed E-state index contributed by atoms with van der Waals surface area (Å²) in [5, 5.41) is 9.81. The Morgan fingerprint density at radius 3 is 1.08 bits per heavy atom. The molecular formula is C62H115O11P. The molecular weight excluding hydrogens is 952 g/mol. The number of phosphoric acid groups is 1. The number of ether oxygens (including phenoxy) is 3. The van der Waals surface area contributed by atoms with Crippen LogP contribution in [-0.4, -0.2) is 66.5 Å². The van der Waals surface area contributed by atoms with Crippen LogP contribution in [0.25, 0.3) is 0 Å². The Hall–Kier alpha value is -2.30. The lowest BCUT2D eigenvalue weighted by molar-refractivity contribution is -0.161. The van der Waals surface area contributed by atoms with E-state index in [9.17, 15) is 28.9 Å². The van der Waals surface area contributed by atoms with E-state index in [-0.39, 0.29) is 25.9 Å². The zero-order chi connectivity index (χ0) is 54.1. The zero-order valence-corrected chi connectivity index (χ0v) is 49.0. The third kappa shape index (κ3) is 54.5. The number of hydrogen-bond acceptors (Lipinski definition) is 10. The summed E-state index contributed by atoms with van der Waals surface area (Å²) < 4.78 is 39.6. The zero-order valence-electron chi connectivity index (χ0n) is 48.1. The van der Waals surface area contributed by atoms with Gasteiger partial charge in [0, 0.05) is 19.3 Å². The first-order valence-corrected chi connectivity index (χ1v) is 32.4. The lowest BCUT2D eigenvalue weighted by Crippen LogP contribution is -2.30. The molecule has 0 aliphatic rings. The molecule has 0 spiro atoms. The van der Waals surface area contributed by atoms with Gasteiger partial charge in [-0.2, -0.15) is 0 Å². The number of phosphoric ester groups is 1. The van der Waals surface area contributed by atoms with Crippen molar-refractivity contribution in [3.05, 3.63) is 36.5 Å². The fourth-order valence-corrected chi connectivity index (χ4v) is 9.69. The van der Waals surface area contributed by atoms with E-state index >= 15 is 0 Å². The molecule has 0 amide bonds. The molecule has 0 bridgehead atoms. The Morgan fingerprint density at radius 2 is 0.703 bits per heavy atom. The number of aliphatic hydroxyl groups excluding tert-OH is 1. The van der Waals surface area contributed by atoms with Crippen molar-refractivity contribution in [3.63, 3.8) is 0 Å². The summed E-state index contributed by atoms with van der Waals surface area (Å²) in [4.78, 5) is 48.6. The quantitative estimate of drug-likeness (QED) is 0.0197. The Labute approximate surface area is 454 Å². The summed E-state index contributed by atoms with van der Waals surface area (Å²) in [6, 6.07) is 0. The predicted octanol–water partition coefficient (Wildman–Crippen LogP) is 18.4. The van der Waals surface area contributed by atoms with Crippen LogP contribution in [0.4, 0.5) is 0 Å². The highest BCUT2D eigenvalue weighted by Crippen LogP contribution is 2.43. The minimum Gasteiger partial charge on any atom is -0.462 e. The lowest BCUT2D eigenvalue weighted by Gasteiger charge is -2.21. The number of carbonyl (C=O) groups excluding carboxylic acids is 3. The van der Waals surface area contributed by atoms with Crippen LogP contribution in [0, 0.1) is 0 Å². The molecule has 0 aromatic heterocycles. The van der Waals surface area contributed by atoms with Crippen LogP contribution in [0.1, 0.15) is 303 Å². The average molecular weight is 1070 g/mol. The summed E-state index contributed by atoms with van der Waals surface area (Å²) in [5.41, 5.74) is 0. The fraction of sp³-hybridized carbons (Fsp3) is 0.855. The van der Waals surface area contributed by atoms with E-state index in [2.05, 4.69) is 57.2 Å². The average Bonchev–Trinajstić information content (AvgIpc) is 3.39. The molecule has 0 saturated heterocycles. The van der Waals surface area contributed by atoms with Gasteiger partial charge in [0.05, 0.1) is 19.8 Å². The van der Waals surface area contributed by atoms with E-state index in [4.69, 9.17) is 23.3 Å². The van der Waals surface area contributed by atoms with Crippen molar-refractivity contribution >= 4 is 25.7 Å². The number of hydrogen-bond donors (Lipinski definition) is 2. The van der Waals surface area contributed by atoms with Gasteiger partial charge in [0.2, 0.25) is 0 Å². The molecule has 12 heteroatoms. The van der Waals surface area contributed by atoms with Crippen molar-refractivity contribution in [2.75, 3.05) is 26.4 Å². The molecule has 74 heavy (non-hydrogen) atoms. The van der Waals surface area contributed by atoms with Crippen LogP contribution >= 0.6 is 7.82 Å². The van der Waals surface area contributed by atoms with Crippen molar-refractivity contribution in [1.29, 1.82) is 0 Å². The molecule has 0 aromatic carbocycles. The van der Waals surface area contributed by atoms with Gasteiger partial charge in [-0.3, -0.25) is 23.4 Å². The summed E-state index contributed by atoms with van der Waals surface area (Å²) in [5.74, 6) is -1.47. The molecule has 0 aromatic rings. The maximum Gasteiger partial charge on any atom is 0.472 e. The van der Waals surface area contributed by atoms with Gasteiger partial charge < -0.3 is 24.2 Å². The molecule has 434 valence electrons. The van der Waals surface area contributed by atoms with Gasteiger partial charge >= 0.3 is 25.7 Å². The summed E-state index contributed by atoms with van der Waals surface area (Å²) in [6.07, 6.45) is 59.6. The SMILES string of the molecule is CC/C=C\C/C=C\C/C=C\CCCCCC(=O)OC(CO)COP(=O)(O)OCC(COC(=O)CCCCCCCCCCCCCCCCC)OC(=O)CCCCCCCCCCCCCCCCCCCCC. The smallest absolute Gasteiger partial charge is 0.462 e. The Bertz CT molecular complexity index is 1380. The largest absolute Gasteiger partial charge is 0.472 e. The predicted molar refractivity (Wildman–Crippen MR) is 307 cm³/mol. The second kappa shape index (κ2) is 56.9. The maximum atomic E-state index is 12.9. The molecule has 0 radical (unpaired) electrons. The first-order chi connectivity index (χ1) is 36.2. The number of unbranched alkanes of at least 4 members (excludes halogenated alkanes) is 35. The van der Waals surface area contributed by atoms with E-state index in [0.29, 0.717) is 19.3 Å². The first-order valence-electron chi connectivity index (χ1n) is 30.9. The third-order valence-corrected chi connectivity index (χ3v) is 14.5. The molecule has 0 aliphatic heterocycles. The molecule has 11 nitrogen and oxygen atoms in total. The van der Waals surface area contributed by atoms with Crippen molar-refractivity contribution < 1.29 is 52.2 Å². The van der Waals surface area contributed by atoms with Gasteiger partial charge in [-0.05, 0) is 51.4 Å². The molecule has 2 N–H and O–H groups in total. The highest BCUT2D eigenvalue weighted by atomic mass is 31.2. The van der Waals surface area contributed by atoms with Crippen molar-refractivity contribution in [3.8, 4) is 0 Å². The monoisotopic (exact) mass is 1070 g/mol. The second-order valence-corrected chi connectivity index (χ2v) is 22.3. The van der Waals surface area contributed by atoms with Gasteiger partial charge in [-0.25, -0.2) is 4.57 Å². The van der Waals surface area contributed by atoms with E-state index in [1.165, 1.54) is 167 Å². The van der Waals surface area contributed by atoms with Crippen LogP contribution in [0.15, 0.2) is 36.5 Å². The van der Waals surface area contributed by atoms with E-state index in [1.807, 2.05) is 0 Å². The number of allylic oxidation sites excluding steroid dienone is 6. The second-order valence-electron chi connectivity index (χ2n) is 20.9. The standard InChI is InChI=1S/C62H115O11P/c1-4-7-10-13-16-19-22-25-27-28-29-30-32-35-38-41-44-47-50-53-62(66)73-59(55-69-60(64)51-48-45-42-39-36-34-31-26-23-20-17-14-11-8-5-2)57-71-74(67,68)70-56-58(54-63)72-61(65)52-49-46-43-40-37-33-24-21-18-15-12-9-6-3/h9,12,18,21,33,37,58-59,63H,4-8,10-11,13-17,19-20,22-32,34-36,38-57H2,1-3H3,(H,67,68)/b12-9-,21-18-,37-33-. The molecule has 0 rings (SSSR count). The molecule has 0 saturated carbocycles. The Morgan fingerprint density at radius 1 is 0.392 bits per heavy atom. The van der Waals surface area contributed by atoms with Crippen LogP contribution in [0.3, 0.4) is 0 Å². The maximum absolute atomic E-state index is 12.9. The normalized spacial score (nSPS) is 13.5. The first kappa shape index (κ1) is 71.7. The summed E-state index contributed by atoms with van der Waals surface area (Å²) >= 11 is 0. The third-order valence-electron chi connectivity index (χ3n) is 13.6. The molecule has 0 fully saturated rings. The van der Waals surface area contributed by atoms with Gasteiger partial charge in [-0.1, -0.05) is 269 Å².